The Morgan fingerprint density at radius 1 is 0.935 bits per heavy atom. The maximum Gasteiger partial charge on any atom is 0.264 e. The van der Waals surface area contributed by atoms with Crippen molar-refractivity contribution in [3.05, 3.63) is 73.3 Å². The van der Waals surface area contributed by atoms with Crippen LogP contribution < -0.4 is 10.0 Å². The van der Waals surface area contributed by atoms with E-state index in [1.54, 1.807) is 65.6 Å². The monoisotopic (exact) mass is 450 g/mol. The van der Waals surface area contributed by atoms with E-state index in [1.807, 2.05) is 0 Å². The number of nitrogens with one attached hydrogen (secondary N) is 2. The van der Waals surface area contributed by atoms with Gasteiger partial charge in [0.2, 0.25) is 0 Å². The molecule has 154 valence electrons. The number of benzene rings is 2. The van der Waals surface area contributed by atoms with Gasteiger partial charge in [-0.25, -0.2) is 23.1 Å². The fourth-order valence-electron chi connectivity index (χ4n) is 2.92. The topological polar surface area (TPSA) is 128 Å². The standard InChI is InChI=1S/C19H14N8O2S2/c28-31(29,16-4-1-3-15-19(16)25-30-24-15)26-14-7-5-13(6-8-14)23-17-11-18(21-12-20-17)27-10-2-9-22-27/h1-12,26H,(H,20,21,23). The Kier molecular flexibility index (Phi) is 4.76. The van der Waals surface area contributed by atoms with Gasteiger partial charge >= 0.3 is 0 Å². The third-order valence-electron chi connectivity index (χ3n) is 4.34. The molecule has 0 aliphatic carbocycles. The molecule has 2 aromatic carbocycles. The molecule has 10 nitrogen and oxygen atoms in total. The van der Waals surface area contributed by atoms with Crippen LogP contribution >= 0.6 is 11.7 Å². The van der Waals surface area contributed by atoms with Crippen LogP contribution in [-0.4, -0.2) is 36.9 Å². The smallest absolute Gasteiger partial charge is 0.264 e. The molecule has 0 aliphatic rings. The quantitative estimate of drug-likeness (QED) is 0.404. The first-order valence-corrected chi connectivity index (χ1v) is 11.2. The van der Waals surface area contributed by atoms with Crippen molar-refractivity contribution in [1.82, 2.24) is 28.5 Å². The molecule has 0 spiro atoms. The molecule has 0 saturated heterocycles. The van der Waals surface area contributed by atoms with Crippen LogP contribution in [0, 0.1) is 0 Å². The maximum atomic E-state index is 12.8. The van der Waals surface area contributed by atoms with Crippen molar-refractivity contribution in [3.8, 4) is 5.82 Å². The van der Waals surface area contributed by atoms with E-state index in [-0.39, 0.29) is 4.90 Å². The lowest BCUT2D eigenvalue weighted by Crippen LogP contribution is -2.13. The summed E-state index contributed by atoms with van der Waals surface area (Å²) < 4.78 is 38.0. The number of sulfonamides is 1. The van der Waals surface area contributed by atoms with Gasteiger partial charge in [-0.1, -0.05) is 6.07 Å². The number of hydrogen-bond acceptors (Lipinski definition) is 9. The zero-order valence-corrected chi connectivity index (χ0v) is 17.4. The Morgan fingerprint density at radius 3 is 2.58 bits per heavy atom. The van der Waals surface area contributed by atoms with Crippen molar-refractivity contribution in [1.29, 1.82) is 0 Å². The van der Waals surface area contributed by atoms with E-state index in [2.05, 4.69) is 33.9 Å². The summed E-state index contributed by atoms with van der Waals surface area (Å²) in [6, 6.07) is 15.3. The molecule has 0 fully saturated rings. The number of nitrogens with zero attached hydrogens (tertiary/aromatic N) is 6. The van der Waals surface area contributed by atoms with Gasteiger partial charge in [0.1, 0.15) is 28.1 Å². The highest BCUT2D eigenvalue weighted by Gasteiger charge is 2.19. The van der Waals surface area contributed by atoms with E-state index < -0.39 is 10.0 Å². The van der Waals surface area contributed by atoms with E-state index in [1.165, 1.54) is 12.4 Å². The molecule has 2 N–H and O–H groups in total. The second kappa shape index (κ2) is 7.74. The van der Waals surface area contributed by atoms with Crippen LogP contribution in [0.2, 0.25) is 0 Å². The SMILES string of the molecule is O=S(=O)(Nc1ccc(Nc2cc(-n3cccn3)ncn2)cc1)c1cccc2nsnc12. The minimum atomic E-state index is -3.81. The van der Waals surface area contributed by atoms with Gasteiger partial charge in [0.05, 0.1) is 11.7 Å². The minimum absolute atomic E-state index is 0.0908. The van der Waals surface area contributed by atoms with Gasteiger partial charge in [-0.3, -0.25) is 4.72 Å². The molecule has 0 saturated carbocycles. The molecule has 3 aromatic heterocycles. The predicted molar refractivity (Wildman–Crippen MR) is 117 cm³/mol. The van der Waals surface area contributed by atoms with Crippen LogP contribution in [0.3, 0.4) is 0 Å². The minimum Gasteiger partial charge on any atom is -0.340 e. The summed E-state index contributed by atoms with van der Waals surface area (Å²) in [4.78, 5) is 8.48. The molecule has 0 amide bonds. The zero-order chi connectivity index (χ0) is 21.3. The molecular weight excluding hydrogens is 436 g/mol. The Bertz CT molecular complexity index is 1450. The summed E-state index contributed by atoms with van der Waals surface area (Å²) in [6.07, 6.45) is 4.89. The molecule has 5 aromatic rings. The average Bonchev–Trinajstić information content (AvgIpc) is 3.47. The van der Waals surface area contributed by atoms with E-state index >= 15 is 0 Å². The predicted octanol–water partition coefficient (Wildman–Crippen LogP) is 3.21. The van der Waals surface area contributed by atoms with Gasteiger partial charge in [-0.15, -0.1) is 0 Å². The lowest BCUT2D eigenvalue weighted by atomic mass is 10.3. The second-order valence-electron chi connectivity index (χ2n) is 6.41. The summed E-state index contributed by atoms with van der Waals surface area (Å²) in [7, 11) is -3.81. The summed E-state index contributed by atoms with van der Waals surface area (Å²) in [5.41, 5.74) is 2.06. The Hall–Kier alpha value is -3.90. The largest absolute Gasteiger partial charge is 0.340 e. The summed E-state index contributed by atoms with van der Waals surface area (Å²) in [6.45, 7) is 0. The van der Waals surface area contributed by atoms with Crippen LogP contribution in [0.25, 0.3) is 16.9 Å². The van der Waals surface area contributed by atoms with E-state index in [4.69, 9.17) is 0 Å². The van der Waals surface area contributed by atoms with Crippen molar-refractivity contribution in [2.24, 2.45) is 0 Å². The molecule has 0 atom stereocenters. The highest BCUT2D eigenvalue weighted by atomic mass is 32.2. The molecule has 0 aliphatic heterocycles. The van der Waals surface area contributed by atoms with E-state index in [0.717, 1.165) is 17.4 Å². The second-order valence-corrected chi connectivity index (χ2v) is 8.59. The van der Waals surface area contributed by atoms with Gasteiger partial charge in [0, 0.05) is 29.8 Å². The molecule has 31 heavy (non-hydrogen) atoms. The van der Waals surface area contributed by atoms with Gasteiger partial charge in [0.25, 0.3) is 10.0 Å². The van der Waals surface area contributed by atoms with Gasteiger partial charge in [0.15, 0.2) is 5.82 Å². The molecular formula is C19H14N8O2S2. The molecule has 12 heteroatoms. The molecule has 0 bridgehead atoms. The van der Waals surface area contributed by atoms with Crippen LogP contribution in [0.5, 0.6) is 0 Å². The normalized spacial score (nSPS) is 11.5. The van der Waals surface area contributed by atoms with Crippen LogP contribution in [0.4, 0.5) is 17.2 Å². The Morgan fingerprint density at radius 2 is 1.77 bits per heavy atom. The van der Waals surface area contributed by atoms with Crippen molar-refractivity contribution >= 4 is 50.0 Å². The fraction of sp³-hybridized carbons (Fsp3) is 0. The highest BCUT2D eigenvalue weighted by Crippen LogP contribution is 2.25. The third kappa shape index (κ3) is 3.93. The van der Waals surface area contributed by atoms with Crippen molar-refractivity contribution in [2.45, 2.75) is 4.90 Å². The van der Waals surface area contributed by atoms with Crippen molar-refractivity contribution in [2.75, 3.05) is 10.0 Å². The zero-order valence-electron chi connectivity index (χ0n) is 15.7. The van der Waals surface area contributed by atoms with Gasteiger partial charge in [-0.05, 0) is 42.5 Å². The van der Waals surface area contributed by atoms with Crippen LogP contribution in [-0.2, 0) is 10.0 Å². The maximum absolute atomic E-state index is 12.8. The average molecular weight is 451 g/mol. The first-order valence-electron chi connectivity index (χ1n) is 9.02. The summed E-state index contributed by atoms with van der Waals surface area (Å²) >= 11 is 0.976. The molecule has 0 unspecified atom stereocenters. The van der Waals surface area contributed by atoms with Gasteiger partial charge in [-0.2, -0.15) is 13.8 Å². The molecule has 0 radical (unpaired) electrons. The van der Waals surface area contributed by atoms with Crippen LogP contribution in [0.15, 0.2) is 78.2 Å². The van der Waals surface area contributed by atoms with E-state index in [9.17, 15) is 8.42 Å². The number of anilines is 3. The first-order chi connectivity index (χ1) is 15.1. The lowest BCUT2D eigenvalue weighted by Gasteiger charge is -2.10. The van der Waals surface area contributed by atoms with Crippen LogP contribution in [0.1, 0.15) is 0 Å². The Balaban J connectivity index is 1.34. The third-order valence-corrected chi connectivity index (χ3v) is 6.30. The van der Waals surface area contributed by atoms with Crippen molar-refractivity contribution in [3.63, 3.8) is 0 Å². The number of fused-ring (bicyclic) bond motifs is 1. The molecule has 3 heterocycles. The summed E-state index contributed by atoms with van der Waals surface area (Å²) in [5.74, 6) is 1.20. The highest BCUT2D eigenvalue weighted by molar-refractivity contribution is 7.93. The van der Waals surface area contributed by atoms with Crippen molar-refractivity contribution < 1.29 is 8.42 Å². The van der Waals surface area contributed by atoms with Gasteiger partial charge < -0.3 is 5.32 Å². The lowest BCUT2D eigenvalue weighted by molar-refractivity contribution is 0.602. The fourth-order valence-corrected chi connectivity index (χ4v) is 4.75. The number of rotatable bonds is 6. The Labute approximate surface area is 181 Å². The first kappa shape index (κ1) is 19.1. The number of aromatic nitrogens is 6. The number of hydrogen-bond donors (Lipinski definition) is 2. The van der Waals surface area contributed by atoms with E-state index in [0.29, 0.717) is 28.4 Å². The molecule has 5 rings (SSSR count). The summed E-state index contributed by atoms with van der Waals surface area (Å²) in [5, 5.41) is 7.31.